The Morgan fingerprint density at radius 1 is 0.824 bits per heavy atom. The van der Waals surface area contributed by atoms with Crippen molar-refractivity contribution in [2.24, 2.45) is 0 Å². The number of benzene rings is 3. The number of hydrogen-bond donors (Lipinski definition) is 1. The zero-order valence-corrected chi connectivity index (χ0v) is 20.0. The molecule has 5 nitrogen and oxygen atoms in total. The summed E-state index contributed by atoms with van der Waals surface area (Å²) in [6.07, 6.45) is 2.09. The van der Waals surface area contributed by atoms with E-state index in [1.54, 1.807) is 0 Å². The number of piperidine rings is 1. The lowest BCUT2D eigenvalue weighted by molar-refractivity contribution is -0.124. The lowest BCUT2D eigenvalue weighted by Gasteiger charge is -2.40. The quantitative estimate of drug-likeness (QED) is 0.606. The predicted molar refractivity (Wildman–Crippen MR) is 135 cm³/mol. The number of fused-ring (bicyclic) bond motifs is 1. The molecular weight excluding hydrogens is 422 g/mol. The highest BCUT2D eigenvalue weighted by atomic mass is 16.3. The normalized spacial score (nSPS) is 22.2. The third-order valence-electron chi connectivity index (χ3n) is 7.61. The second kappa shape index (κ2) is 8.99. The van der Waals surface area contributed by atoms with E-state index in [0.717, 1.165) is 42.0 Å². The first-order chi connectivity index (χ1) is 16.5. The average Bonchev–Trinajstić information content (AvgIpc) is 3.13. The van der Waals surface area contributed by atoms with Crippen LogP contribution in [0, 0.1) is 0 Å². The number of carbonyl (C=O) groups is 1. The van der Waals surface area contributed by atoms with E-state index >= 15 is 0 Å². The largest absolute Gasteiger partial charge is 0.385 e. The molecule has 34 heavy (non-hydrogen) atoms. The van der Waals surface area contributed by atoms with E-state index in [2.05, 4.69) is 23.1 Å². The summed E-state index contributed by atoms with van der Waals surface area (Å²) >= 11 is 0. The third-order valence-corrected chi connectivity index (χ3v) is 7.61. The predicted octanol–water partition coefficient (Wildman–Crippen LogP) is 4.17. The van der Waals surface area contributed by atoms with Gasteiger partial charge < -0.3 is 10.0 Å². The molecule has 1 saturated heterocycles. The van der Waals surface area contributed by atoms with Crippen LogP contribution < -0.4 is 5.01 Å². The monoisotopic (exact) mass is 455 g/mol. The number of hydrazine groups is 1. The number of para-hydroxylation sites is 1. The molecule has 5 heteroatoms. The standard InChI is InChI=1S/C29H33N3O2/c1-30(2)32-26-16-10-9-15-25(26)29(27(32)33,24-13-7-4-8-14-24)19-22-31-20-17-28(34,18-21-31)23-11-5-3-6-12-23/h3-16,34H,17-22H2,1-2H3. The van der Waals surface area contributed by atoms with Crippen LogP contribution in [0.4, 0.5) is 5.69 Å². The molecular formula is C29H33N3O2. The Bertz CT molecular complexity index is 1140. The summed E-state index contributed by atoms with van der Waals surface area (Å²) in [5.41, 5.74) is 2.56. The van der Waals surface area contributed by atoms with Gasteiger partial charge in [0.25, 0.3) is 5.91 Å². The first kappa shape index (κ1) is 22.8. The molecule has 3 aromatic carbocycles. The molecule has 0 aliphatic carbocycles. The minimum Gasteiger partial charge on any atom is -0.385 e. The first-order valence-corrected chi connectivity index (χ1v) is 12.1. The Morgan fingerprint density at radius 3 is 2.00 bits per heavy atom. The van der Waals surface area contributed by atoms with Crippen molar-refractivity contribution >= 4 is 11.6 Å². The molecule has 0 radical (unpaired) electrons. The number of nitrogens with zero attached hydrogens (tertiary/aromatic N) is 3. The van der Waals surface area contributed by atoms with Gasteiger partial charge in [-0.15, -0.1) is 0 Å². The van der Waals surface area contributed by atoms with Crippen molar-refractivity contribution in [3.05, 3.63) is 102 Å². The summed E-state index contributed by atoms with van der Waals surface area (Å²) in [6, 6.07) is 28.4. The van der Waals surface area contributed by atoms with Crippen molar-refractivity contribution in [3.63, 3.8) is 0 Å². The third kappa shape index (κ3) is 3.74. The van der Waals surface area contributed by atoms with Crippen molar-refractivity contribution in [2.75, 3.05) is 38.7 Å². The van der Waals surface area contributed by atoms with Crippen LogP contribution in [0.15, 0.2) is 84.9 Å². The van der Waals surface area contributed by atoms with Crippen molar-refractivity contribution in [1.82, 2.24) is 9.91 Å². The van der Waals surface area contributed by atoms with Gasteiger partial charge in [0, 0.05) is 27.2 Å². The van der Waals surface area contributed by atoms with Gasteiger partial charge in [-0.3, -0.25) is 4.79 Å². The molecule has 2 aliphatic rings. The first-order valence-electron chi connectivity index (χ1n) is 12.1. The number of carbonyl (C=O) groups excluding carboxylic acids is 1. The summed E-state index contributed by atoms with van der Waals surface area (Å²) in [6.45, 7) is 2.41. The van der Waals surface area contributed by atoms with Gasteiger partial charge in [0.05, 0.1) is 11.3 Å². The van der Waals surface area contributed by atoms with E-state index in [1.165, 1.54) is 0 Å². The lowest BCUT2D eigenvalue weighted by Crippen LogP contribution is -2.49. The Morgan fingerprint density at radius 2 is 1.38 bits per heavy atom. The van der Waals surface area contributed by atoms with Crippen molar-refractivity contribution in [1.29, 1.82) is 0 Å². The van der Waals surface area contributed by atoms with Crippen LogP contribution in [0.1, 0.15) is 36.0 Å². The molecule has 2 aliphatic heterocycles. The van der Waals surface area contributed by atoms with E-state index in [1.807, 2.05) is 90.8 Å². The van der Waals surface area contributed by atoms with Crippen LogP contribution in [0.25, 0.3) is 0 Å². The summed E-state index contributed by atoms with van der Waals surface area (Å²) in [7, 11) is 3.84. The maximum absolute atomic E-state index is 14.1. The maximum Gasteiger partial charge on any atom is 0.256 e. The highest BCUT2D eigenvalue weighted by Gasteiger charge is 2.52. The Labute approximate surface area is 202 Å². The van der Waals surface area contributed by atoms with Gasteiger partial charge in [-0.2, -0.15) is 0 Å². The molecule has 1 amide bonds. The molecule has 0 bridgehead atoms. The van der Waals surface area contributed by atoms with Gasteiger partial charge in [0.2, 0.25) is 0 Å². The molecule has 5 rings (SSSR count). The van der Waals surface area contributed by atoms with Crippen LogP contribution in [-0.4, -0.2) is 54.7 Å². The van der Waals surface area contributed by atoms with Gasteiger partial charge in [-0.05, 0) is 48.6 Å². The molecule has 0 spiro atoms. The molecule has 0 aromatic heterocycles. The summed E-state index contributed by atoms with van der Waals surface area (Å²) in [5.74, 6) is 0.0997. The Hall–Kier alpha value is -2.99. The summed E-state index contributed by atoms with van der Waals surface area (Å²) in [4.78, 5) is 16.5. The van der Waals surface area contributed by atoms with E-state index in [9.17, 15) is 9.90 Å². The van der Waals surface area contributed by atoms with E-state index in [4.69, 9.17) is 0 Å². The topological polar surface area (TPSA) is 47.0 Å². The highest BCUT2D eigenvalue weighted by Crippen LogP contribution is 2.48. The molecule has 176 valence electrons. The molecule has 1 unspecified atom stereocenters. The van der Waals surface area contributed by atoms with Crippen molar-refractivity contribution in [3.8, 4) is 0 Å². The van der Waals surface area contributed by atoms with Gasteiger partial charge in [-0.1, -0.05) is 78.9 Å². The zero-order valence-electron chi connectivity index (χ0n) is 20.0. The summed E-state index contributed by atoms with van der Waals surface area (Å²) < 4.78 is 0. The zero-order chi connectivity index (χ0) is 23.8. The fraction of sp³-hybridized carbons (Fsp3) is 0.345. The van der Waals surface area contributed by atoms with E-state index in [-0.39, 0.29) is 5.91 Å². The fourth-order valence-electron chi connectivity index (χ4n) is 5.72. The van der Waals surface area contributed by atoms with E-state index < -0.39 is 11.0 Å². The Kier molecular flexibility index (Phi) is 6.02. The minimum atomic E-state index is -0.771. The number of anilines is 1. The van der Waals surface area contributed by atoms with Gasteiger partial charge >= 0.3 is 0 Å². The number of aliphatic hydroxyl groups is 1. The summed E-state index contributed by atoms with van der Waals surface area (Å²) in [5, 5.41) is 14.9. The molecule has 1 atom stereocenters. The van der Waals surface area contributed by atoms with Crippen LogP contribution in [0.3, 0.4) is 0 Å². The fourth-order valence-corrected chi connectivity index (χ4v) is 5.72. The molecule has 0 saturated carbocycles. The van der Waals surface area contributed by atoms with Crippen LogP contribution in [-0.2, 0) is 15.8 Å². The number of hydrogen-bond acceptors (Lipinski definition) is 4. The van der Waals surface area contributed by atoms with Crippen LogP contribution >= 0.6 is 0 Å². The number of rotatable bonds is 6. The number of likely N-dealkylation sites (tertiary alicyclic amines) is 1. The highest BCUT2D eigenvalue weighted by molar-refractivity contribution is 6.09. The number of amides is 1. The molecule has 1 fully saturated rings. The van der Waals surface area contributed by atoms with Crippen LogP contribution in [0.5, 0.6) is 0 Å². The smallest absolute Gasteiger partial charge is 0.256 e. The molecule has 3 aromatic rings. The van der Waals surface area contributed by atoms with Gasteiger partial charge in [0.1, 0.15) is 5.41 Å². The molecule has 1 N–H and O–H groups in total. The van der Waals surface area contributed by atoms with Crippen molar-refractivity contribution < 1.29 is 9.90 Å². The van der Waals surface area contributed by atoms with Gasteiger partial charge in [0.15, 0.2) is 0 Å². The SMILES string of the molecule is CN(C)N1C(=O)C(CCN2CCC(O)(c3ccccc3)CC2)(c2ccccc2)c2ccccc21. The van der Waals surface area contributed by atoms with E-state index in [0.29, 0.717) is 19.3 Å². The minimum absolute atomic E-state index is 0.0997. The Balaban J connectivity index is 1.42. The van der Waals surface area contributed by atoms with Crippen LogP contribution in [0.2, 0.25) is 0 Å². The van der Waals surface area contributed by atoms with Gasteiger partial charge in [-0.25, -0.2) is 10.0 Å². The second-order valence-electron chi connectivity index (χ2n) is 9.74. The lowest BCUT2D eigenvalue weighted by atomic mass is 9.72. The second-order valence-corrected chi connectivity index (χ2v) is 9.74. The maximum atomic E-state index is 14.1. The van der Waals surface area contributed by atoms with Crippen molar-refractivity contribution in [2.45, 2.75) is 30.3 Å². The molecule has 2 heterocycles. The average molecular weight is 456 g/mol.